The van der Waals surface area contributed by atoms with Crippen LogP contribution in [0, 0.1) is 0 Å². The maximum Gasteiger partial charge on any atom is 0.239 e. The molecular formula is C14H7Cl3N2O. The first kappa shape index (κ1) is 13.4. The molecule has 0 fully saturated rings. The van der Waals surface area contributed by atoms with E-state index in [9.17, 15) is 0 Å². The van der Waals surface area contributed by atoms with E-state index in [4.69, 9.17) is 39.5 Å². The molecule has 1 aromatic carbocycles. The van der Waals surface area contributed by atoms with Crippen LogP contribution in [0.15, 0.2) is 42.6 Å². The third kappa shape index (κ3) is 2.52. The van der Waals surface area contributed by atoms with Crippen LogP contribution in [-0.2, 0) is 0 Å². The molecule has 0 aliphatic heterocycles. The van der Waals surface area contributed by atoms with E-state index in [1.165, 1.54) is 6.07 Å². The fourth-order valence-electron chi connectivity index (χ4n) is 1.77. The van der Waals surface area contributed by atoms with Crippen LogP contribution in [0.3, 0.4) is 0 Å². The molecule has 0 bridgehead atoms. The van der Waals surface area contributed by atoms with Crippen LogP contribution in [-0.4, -0.2) is 9.97 Å². The summed E-state index contributed by atoms with van der Waals surface area (Å²) in [6.07, 6.45) is 1.72. The van der Waals surface area contributed by atoms with Crippen molar-refractivity contribution < 1.29 is 4.74 Å². The molecule has 0 atom stereocenters. The third-order valence-electron chi connectivity index (χ3n) is 2.67. The largest absolute Gasteiger partial charge is 0.437 e. The Morgan fingerprint density at radius 3 is 2.65 bits per heavy atom. The molecule has 0 radical (unpaired) electrons. The molecule has 0 saturated carbocycles. The third-order valence-corrected chi connectivity index (χ3v) is 3.61. The first-order valence-corrected chi connectivity index (χ1v) is 6.81. The number of benzene rings is 1. The Morgan fingerprint density at radius 2 is 1.80 bits per heavy atom. The van der Waals surface area contributed by atoms with Crippen molar-refractivity contribution in [3.8, 4) is 11.6 Å². The minimum atomic E-state index is 0.143. The monoisotopic (exact) mass is 324 g/mol. The van der Waals surface area contributed by atoms with Gasteiger partial charge in [-0.25, -0.2) is 0 Å². The second-order valence-corrected chi connectivity index (χ2v) is 5.15. The molecule has 2 aromatic heterocycles. The summed E-state index contributed by atoms with van der Waals surface area (Å²) >= 11 is 17.8. The number of hydrogen-bond donors (Lipinski definition) is 0. The highest BCUT2D eigenvalue weighted by molar-refractivity contribution is 6.42. The number of nitrogens with zero attached hydrogens (tertiary/aromatic N) is 2. The van der Waals surface area contributed by atoms with Gasteiger partial charge in [0.1, 0.15) is 10.8 Å². The van der Waals surface area contributed by atoms with Crippen molar-refractivity contribution in [1.29, 1.82) is 0 Å². The van der Waals surface area contributed by atoms with Crippen LogP contribution in [0.4, 0.5) is 0 Å². The van der Waals surface area contributed by atoms with Crippen molar-refractivity contribution in [3.05, 3.63) is 57.8 Å². The second kappa shape index (κ2) is 5.44. The first-order valence-electron chi connectivity index (χ1n) is 5.68. The van der Waals surface area contributed by atoms with E-state index in [1.54, 1.807) is 6.20 Å². The maximum absolute atomic E-state index is 6.06. The molecule has 0 spiro atoms. The molecular weight excluding hydrogens is 319 g/mol. The van der Waals surface area contributed by atoms with E-state index in [0.717, 1.165) is 10.9 Å². The predicted molar refractivity (Wildman–Crippen MR) is 81.1 cm³/mol. The number of pyridine rings is 2. The van der Waals surface area contributed by atoms with Gasteiger partial charge in [0.2, 0.25) is 5.88 Å². The predicted octanol–water partition coefficient (Wildman–Crippen LogP) is 5.38. The average Bonchev–Trinajstić information content (AvgIpc) is 2.45. The zero-order chi connectivity index (χ0) is 14.1. The first-order chi connectivity index (χ1) is 9.65. The fraction of sp³-hybridized carbons (Fsp3) is 0. The zero-order valence-corrected chi connectivity index (χ0v) is 12.2. The van der Waals surface area contributed by atoms with Gasteiger partial charge < -0.3 is 4.74 Å². The van der Waals surface area contributed by atoms with Crippen molar-refractivity contribution >= 4 is 45.7 Å². The number of aromatic nitrogens is 2. The molecule has 0 unspecified atom stereocenters. The van der Waals surface area contributed by atoms with Crippen molar-refractivity contribution in [2.24, 2.45) is 0 Å². The Morgan fingerprint density at radius 1 is 0.950 bits per heavy atom. The lowest BCUT2D eigenvalue weighted by atomic mass is 10.2. The lowest BCUT2D eigenvalue weighted by Gasteiger charge is -2.09. The molecule has 2 heterocycles. The molecule has 100 valence electrons. The zero-order valence-electron chi connectivity index (χ0n) is 9.98. The molecule has 0 amide bonds. The van der Waals surface area contributed by atoms with Crippen LogP contribution >= 0.6 is 34.8 Å². The Bertz CT molecular complexity index is 787. The summed E-state index contributed by atoms with van der Waals surface area (Å²) in [6, 6.07) is 10.8. The lowest BCUT2D eigenvalue weighted by Crippen LogP contribution is -1.91. The van der Waals surface area contributed by atoms with Gasteiger partial charge in [0, 0.05) is 11.6 Å². The summed E-state index contributed by atoms with van der Waals surface area (Å²) in [6.45, 7) is 0. The van der Waals surface area contributed by atoms with Gasteiger partial charge in [-0.3, -0.25) is 4.98 Å². The van der Waals surface area contributed by atoms with Crippen LogP contribution in [0.5, 0.6) is 11.6 Å². The second-order valence-electron chi connectivity index (χ2n) is 3.98. The summed E-state index contributed by atoms with van der Waals surface area (Å²) in [4.78, 5) is 8.29. The average molecular weight is 326 g/mol. The van der Waals surface area contributed by atoms with Gasteiger partial charge >= 0.3 is 0 Å². The van der Waals surface area contributed by atoms with Gasteiger partial charge in [0.05, 0.1) is 10.5 Å². The van der Waals surface area contributed by atoms with Crippen molar-refractivity contribution in [2.45, 2.75) is 0 Å². The van der Waals surface area contributed by atoms with Gasteiger partial charge in [-0.1, -0.05) is 40.9 Å². The van der Waals surface area contributed by atoms with E-state index in [1.807, 2.05) is 30.3 Å². The highest BCUT2D eigenvalue weighted by Gasteiger charge is 2.11. The highest BCUT2D eigenvalue weighted by atomic mass is 35.5. The maximum atomic E-state index is 6.06. The SMILES string of the molecule is Clc1cc(Cl)c(Oc2cccc3ncccc23)nc1Cl. The summed E-state index contributed by atoms with van der Waals surface area (Å²) < 4.78 is 5.73. The Hall–Kier alpha value is -1.55. The van der Waals surface area contributed by atoms with E-state index in [2.05, 4.69) is 9.97 Å². The number of fused-ring (bicyclic) bond motifs is 1. The fourth-order valence-corrected chi connectivity index (χ4v) is 2.30. The smallest absolute Gasteiger partial charge is 0.239 e. The van der Waals surface area contributed by atoms with Gasteiger partial charge in [0.15, 0.2) is 5.15 Å². The minimum absolute atomic E-state index is 0.143. The molecule has 3 nitrogen and oxygen atoms in total. The van der Waals surface area contributed by atoms with E-state index in [0.29, 0.717) is 10.8 Å². The van der Waals surface area contributed by atoms with Crippen LogP contribution in [0.1, 0.15) is 0 Å². The van der Waals surface area contributed by atoms with Crippen molar-refractivity contribution in [3.63, 3.8) is 0 Å². The van der Waals surface area contributed by atoms with Gasteiger partial charge in [-0.05, 0) is 30.3 Å². The number of halogens is 3. The summed E-state index contributed by atoms with van der Waals surface area (Å²) in [5.41, 5.74) is 0.821. The minimum Gasteiger partial charge on any atom is -0.437 e. The molecule has 0 aliphatic rings. The van der Waals surface area contributed by atoms with E-state index in [-0.39, 0.29) is 16.1 Å². The van der Waals surface area contributed by atoms with Crippen LogP contribution < -0.4 is 4.74 Å². The lowest BCUT2D eigenvalue weighted by molar-refractivity contribution is 0.468. The van der Waals surface area contributed by atoms with Crippen molar-refractivity contribution in [1.82, 2.24) is 9.97 Å². The summed E-state index contributed by atoms with van der Waals surface area (Å²) in [5.74, 6) is 0.806. The molecule has 20 heavy (non-hydrogen) atoms. The normalized spacial score (nSPS) is 10.8. The highest BCUT2D eigenvalue weighted by Crippen LogP contribution is 2.35. The Kier molecular flexibility index (Phi) is 3.66. The summed E-state index contributed by atoms with van der Waals surface area (Å²) in [7, 11) is 0. The molecule has 3 aromatic rings. The number of hydrogen-bond acceptors (Lipinski definition) is 3. The van der Waals surface area contributed by atoms with Crippen LogP contribution in [0.25, 0.3) is 10.9 Å². The molecule has 0 saturated heterocycles. The Balaban J connectivity index is 2.08. The summed E-state index contributed by atoms with van der Waals surface area (Å²) in [5, 5.41) is 1.58. The van der Waals surface area contributed by atoms with Gasteiger partial charge in [-0.2, -0.15) is 4.98 Å². The number of ether oxygens (including phenoxy) is 1. The van der Waals surface area contributed by atoms with E-state index >= 15 is 0 Å². The molecule has 3 rings (SSSR count). The Labute approximate surface area is 130 Å². The quantitative estimate of drug-likeness (QED) is 0.593. The molecule has 0 N–H and O–H groups in total. The molecule has 6 heteroatoms. The topological polar surface area (TPSA) is 35.0 Å². The molecule has 0 aliphatic carbocycles. The standard InChI is InChI=1S/C14H7Cl3N2O/c15-9-7-10(16)14(19-13(9)17)20-12-5-1-4-11-8(12)3-2-6-18-11/h1-7H. The van der Waals surface area contributed by atoms with Gasteiger partial charge in [0.25, 0.3) is 0 Å². The van der Waals surface area contributed by atoms with E-state index < -0.39 is 0 Å². The van der Waals surface area contributed by atoms with Gasteiger partial charge in [-0.15, -0.1) is 0 Å². The number of rotatable bonds is 2. The van der Waals surface area contributed by atoms with Crippen LogP contribution in [0.2, 0.25) is 15.2 Å². The van der Waals surface area contributed by atoms with Crippen molar-refractivity contribution in [2.75, 3.05) is 0 Å².